The van der Waals surface area contributed by atoms with E-state index in [0.717, 1.165) is 5.56 Å². The van der Waals surface area contributed by atoms with Crippen molar-refractivity contribution in [3.05, 3.63) is 29.8 Å². The van der Waals surface area contributed by atoms with Gasteiger partial charge in [0.25, 0.3) is 0 Å². The maximum Gasteiger partial charge on any atom is 0.115 e. The second-order valence-corrected chi connectivity index (χ2v) is 5.30. The minimum Gasteiger partial charge on any atom is -0.508 e. The first-order valence-electron chi connectivity index (χ1n) is 6.93. The first-order chi connectivity index (χ1) is 8.72. The van der Waals surface area contributed by atoms with Crippen molar-refractivity contribution in [2.75, 3.05) is 13.6 Å². The Hall–Kier alpha value is -1.06. The lowest BCUT2D eigenvalue weighted by Crippen LogP contribution is -2.39. The topological polar surface area (TPSA) is 49.5 Å². The maximum absolute atomic E-state index is 9.59. The molecule has 100 valence electrons. The third-order valence-electron chi connectivity index (χ3n) is 4.12. The molecule has 1 aliphatic carbocycles. The van der Waals surface area contributed by atoms with E-state index in [2.05, 4.69) is 18.0 Å². The van der Waals surface area contributed by atoms with Crippen molar-refractivity contribution in [1.82, 2.24) is 4.90 Å². The molecule has 0 radical (unpaired) electrons. The fraction of sp³-hybridized carbons (Fsp3) is 0.600. The minimum absolute atomic E-state index is 0.209. The van der Waals surface area contributed by atoms with Gasteiger partial charge in [0.15, 0.2) is 0 Å². The molecule has 1 atom stereocenters. The first kappa shape index (κ1) is 13.4. The Morgan fingerprint density at radius 1 is 1.33 bits per heavy atom. The Morgan fingerprint density at radius 3 is 2.67 bits per heavy atom. The van der Waals surface area contributed by atoms with Gasteiger partial charge < -0.3 is 10.8 Å². The standard InChI is InChI=1S/C15H24N2O/c1-17(13-7-3-2-4-8-13)15(11-16)12-6-5-9-14(18)10-12/h5-6,9-10,13,15,18H,2-4,7-8,11,16H2,1H3. The van der Waals surface area contributed by atoms with Gasteiger partial charge >= 0.3 is 0 Å². The summed E-state index contributed by atoms with van der Waals surface area (Å²) < 4.78 is 0. The summed E-state index contributed by atoms with van der Waals surface area (Å²) in [6.07, 6.45) is 6.56. The van der Waals surface area contributed by atoms with Crippen LogP contribution >= 0.6 is 0 Å². The second kappa shape index (κ2) is 6.21. The molecule has 1 aliphatic rings. The van der Waals surface area contributed by atoms with Gasteiger partial charge in [-0.2, -0.15) is 0 Å². The summed E-state index contributed by atoms with van der Waals surface area (Å²) in [6.45, 7) is 0.594. The number of phenols is 1. The van der Waals surface area contributed by atoms with Crippen LogP contribution in [0.25, 0.3) is 0 Å². The molecule has 0 bridgehead atoms. The Balaban J connectivity index is 2.11. The SMILES string of the molecule is CN(C1CCCCC1)C(CN)c1cccc(O)c1. The number of benzene rings is 1. The van der Waals surface area contributed by atoms with Crippen LogP contribution in [-0.2, 0) is 0 Å². The number of phenolic OH excluding ortho intramolecular Hbond substituents is 1. The van der Waals surface area contributed by atoms with Gasteiger partial charge in [0.2, 0.25) is 0 Å². The zero-order valence-electron chi connectivity index (χ0n) is 11.2. The van der Waals surface area contributed by atoms with Crippen molar-refractivity contribution in [2.45, 2.75) is 44.2 Å². The van der Waals surface area contributed by atoms with E-state index in [1.54, 1.807) is 6.07 Å². The van der Waals surface area contributed by atoms with E-state index in [0.29, 0.717) is 18.3 Å². The monoisotopic (exact) mass is 248 g/mol. The van der Waals surface area contributed by atoms with Crippen LogP contribution in [0.4, 0.5) is 0 Å². The van der Waals surface area contributed by atoms with E-state index < -0.39 is 0 Å². The predicted octanol–water partition coefficient (Wildman–Crippen LogP) is 2.66. The molecular weight excluding hydrogens is 224 g/mol. The molecule has 1 aromatic carbocycles. The average Bonchev–Trinajstić information content (AvgIpc) is 2.40. The smallest absolute Gasteiger partial charge is 0.115 e. The van der Waals surface area contributed by atoms with Crippen LogP contribution in [0.2, 0.25) is 0 Å². The van der Waals surface area contributed by atoms with Gasteiger partial charge in [-0.25, -0.2) is 0 Å². The largest absolute Gasteiger partial charge is 0.508 e. The molecule has 0 aliphatic heterocycles. The van der Waals surface area contributed by atoms with Crippen molar-refractivity contribution in [3.8, 4) is 5.75 Å². The summed E-state index contributed by atoms with van der Waals surface area (Å²) in [5, 5.41) is 9.59. The highest BCUT2D eigenvalue weighted by Crippen LogP contribution is 2.29. The van der Waals surface area contributed by atoms with Crippen LogP contribution in [0.15, 0.2) is 24.3 Å². The normalized spacial score (nSPS) is 19.1. The lowest BCUT2D eigenvalue weighted by molar-refractivity contribution is 0.140. The van der Waals surface area contributed by atoms with Crippen LogP contribution in [-0.4, -0.2) is 29.6 Å². The number of aromatic hydroxyl groups is 1. The van der Waals surface area contributed by atoms with E-state index in [1.807, 2.05) is 12.1 Å². The Labute approximate surface area is 110 Å². The molecule has 18 heavy (non-hydrogen) atoms. The first-order valence-corrected chi connectivity index (χ1v) is 6.93. The van der Waals surface area contributed by atoms with E-state index in [1.165, 1.54) is 32.1 Å². The minimum atomic E-state index is 0.209. The van der Waals surface area contributed by atoms with Crippen LogP contribution in [0.3, 0.4) is 0 Å². The highest BCUT2D eigenvalue weighted by atomic mass is 16.3. The molecule has 0 amide bonds. The third-order valence-corrected chi connectivity index (χ3v) is 4.12. The summed E-state index contributed by atoms with van der Waals surface area (Å²) in [5.74, 6) is 0.322. The van der Waals surface area contributed by atoms with Gasteiger partial charge in [0.1, 0.15) is 5.75 Å². The number of likely N-dealkylation sites (N-methyl/N-ethyl adjacent to an activating group) is 1. The van der Waals surface area contributed by atoms with Gasteiger partial charge in [-0.1, -0.05) is 31.4 Å². The van der Waals surface area contributed by atoms with Crippen molar-refractivity contribution in [2.24, 2.45) is 5.73 Å². The third kappa shape index (κ3) is 3.03. The molecule has 1 fully saturated rings. The Morgan fingerprint density at radius 2 is 2.06 bits per heavy atom. The summed E-state index contributed by atoms with van der Waals surface area (Å²) in [4.78, 5) is 2.40. The predicted molar refractivity (Wildman–Crippen MR) is 74.5 cm³/mol. The van der Waals surface area contributed by atoms with Crippen LogP contribution in [0.1, 0.15) is 43.7 Å². The zero-order valence-corrected chi connectivity index (χ0v) is 11.2. The summed E-state index contributed by atoms with van der Waals surface area (Å²) >= 11 is 0. The van der Waals surface area contributed by atoms with E-state index in [9.17, 15) is 5.11 Å². The molecule has 0 heterocycles. The van der Waals surface area contributed by atoms with Gasteiger partial charge in [-0.3, -0.25) is 4.90 Å². The van der Waals surface area contributed by atoms with Gasteiger partial charge in [-0.15, -0.1) is 0 Å². The molecule has 1 aromatic rings. The maximum atomic E-state index is 9.59. The quantitative estimate of drug-likeness (QED) is 0.861. The number of hydrogen-bond acceptors (Lipinski definition) is 3. The second-order valence-electron chi connectivity index (χ2n) is 5.30. The molecule has 3 N–H and O–H groups in total. The summed E-state index contributed by atoms with van der Waals surface area (Å²) in [6, 6.07) is 8.32. The molecular formula is C15H24N2O. The van der Waals surface area contributed by atoms with Gasteiger partial charge in [0.05, 0.1) is 0 Å². The molecule has 0 aromatic heterocycles. The average molecular weight is 248 g/mol. The number of rotatable bonds is 4. The highest BCUT2D eigenvalue weighted by Gasteiger charge is 2.24. The molecule has 3 nitrogen and oxygen atoms in total. The van der Waals surface area contributed by atoms with Crippen LogP contribution in [0.5, 0.6) is 5.75 Å². The fourth-order valence-electron chi connectivity index (χ4n) is 3.01. The van der Waals surface area contributed by atoms with Gasteiger partial charge in [0, 0.05) is 18.6 Å². The number of nitrogens with zero attached hydrogens (tertiary/aromatic N) is 1. The highest BCUT2D eigenvalue weighted by molar-refractivity contribution is 5.29. The van der Waals surface area contributed by atoms with Crippen molar-refractivity contribution in [1.29, 1.82) is 0 Å². The van der Waals surface area contributed by atoms with Crippen LogP contribution in [0, 0.1) is 0 Å². The molecule has 1 saturated carbocycles. The van der Waals surface area contributed by atoms with Crippen LogP contribution < -0.4 is 5.73 Å². The van der Waals surface area contributed by atoms with E-state index in [4.69, 9.17) is 5.73 Å². The van der Waals surface area contributed by atoms with E-state index >= 15 is 0 Å². The van der Waals surface area contributed by atoms with E-state index in [-0.39, 0.29) is 6.04 Å². The fourth-order valence-corrected chi connectivity index (χ4v) is 3.01. The number of hydrogen-bond donors (Lipinski definition) is 2. The van der Waals surface area contributed by atoms with Gasteiger partial charge in [-0.05, 0) is 37.6 Å². The molecule has 0 saturated heterocycles. The van der Waals surface area contributed by atoms with Crippen molar-refractivity contribution in [3.63, 3.8) is 0 Å². The molecule has 1 unspecified atom stereocenters. The molecule has 0 spiro atoms. The summed E-state index contributed by atoms with van der Waals surface area (Å²) in [5.41, 5.74) is 7.06. The zero-order chi connectivity index (χ0) is 13.0. The van der Waals surface area contributed by atoms with Crippen molar-refractivity contribution < 1.29 is 5.11 Å². The lowest BCUT2D eigenvalue weighted by atomic mass is 9.92. The molecule has 2 rings (SSSR count). The lowest BCUT2D eigenvalue weighted by Gasteiger charge is -2.37. The Bertz CT molecular complexity index is 375. The Kier molecular flexibility index (Phi) is 4.61. The van der Waals surface area contributed by atoms with Crippen molar-refractivity contribution >= 4 is 0 Å². The summed E-state index contributed by atoms with van der Waals surface area (Å²) in [7, 11) is 2.16. The molecule has 3 heteroatoms. The number of nitrogens with two attached hydrogens (primary N) is 1.